The van der Waals surface area contributed by atoms with Crippen molar-refractivity contribution in [1.82, 2.24) is 4.90 Å². The van der Waals surface area contributed by atoms with Gasteiger partial charge in [-0.25, -0.2) is 9.18 Å². The van der Waals surface area contributed by atoms with Crippen LogP contribution < -0.4 is 0 Å². The van der Waals surface area contributed by atoms with E-state index in [2.05, 4.69) is 0 Å². The number of carboxylic acids is 1. The average molecular weight is 251 g/mol. The molecule has 18 heavy (non-hydrogen) atoms. The molecule has 96 valence electrons. The second kappa shape index (κ2) is 4.76. The smallest absolute Gasteiger partial charge is 0.326 e. The van der Waals surface area contributed by atoms with E-state index in [1.807, 2.05) is 0 Å². The fourth-order valence-corrected chi connectivity index (χ4v) is 2.34. The number of carboxylic acid groups (broad SMARTS) is 1. The molecule has 2 atom stereocenters. The first-order chi connectivity index (χ1) is 8.50. The van der Waals surface area contributed by atoms with E-state index < -0.39 is 23.7 Å². The van der Waals surface area contributed by atoms with E-state index in [1.54, 1.807) is 6.92 Å². The van der Waals surface area contributed by atoms with Gasteiger partial charge in [-0.3, -0.25) is 4.79 Å². The summed E-state index contributed by atoms with van der Waals surface area (Å²) in [7, 11) is 0. The predicted molar refractivity (Wildman–Crippen MR) is 62.6 cm³/mol. The summed E-state index contributed by atoms with van der Waals surface area (Å²) in [5.74, 6) is -2.02. The molecule has 1 N–H and O–H groups in total. The third-order valence-corrected chi connectivity index (χ3v) is 3.29. The monoisotopic (exact) mass is 251 g/mol. The number of hydrogen-bond acceptors (Lipinski definition) is 2. The normalized spacial score (nSPS) is 23.1. The van der Waals surface area contributed by atoms with Crippen LogP contribution in [0.15, 0.2) is 24.3 Å². The summed E-state index contributed by atoms with van der Waals surface area (Å²) in [5.41, 5.74) is 0.190. The number of likely N-dealkylation sites (tertiary alicyclic amines) is 1. The first-order valence-electron chi connectivity index (χ1n) is 5.80. The lowest BCUT2D eigenvalue weighted by molar-refractivity contribution is -0.142. The average Bonchev–Trinajstić information content (AvgIpc) is 2.70. The number of carbonyl (C=O) groups is 2. The maximum Gasteiger partial charge on any atom is 0.326 e. The number of benzene rings is 1. The van der Waals surface area contributed by atoms with Gasteiger partial charge in [0.25, 0.3) is 5.91 Å². The van der Waals surface area contributed by atoms with Crippen molar-refractivity contribution in [1.29, 1.82) is 0 Å². The van der Waals surface area contributed by atoms with Crippen molar-refractivity contribution in [2.45, 2.75) is 19.4 Å². The van der Waals surface area contributed by atoms with Crippen LogP contribution in [0.4, 0.5) is 4.39 Å². The Morgan fingerprint density at radius 1 is 1.44 bits per heavy atom. The van der Waals surface area contributed by atoms with Crippen LogP contribution in [0.25, 0.3) is 0 Å². The molecule has 1 aromatic carbocycles. The SMILES string of the molecule is CC1CCN(C(=O)c2cccc(F)c2)C1C(=O)O. The summed E-state index contributed by atoms with van der Waals surface area (Å²) < 4.78 is 13.1. The third kappa shape index (κ3) is 2.20. The molecule has 4 nitrogen and oxygen atoms in total. The van der Waals surface area contributed by atoms with Crippen molar-refractivity contribution in [2.75, 3.05) is 6.54 Å². The molecular formula is C13H14FNO3. The number of amides is 1. The number of aliphatic carboxylic acids is 1. The van der Waals surface area contributed by atoms with Crippen LogP contribution in [0, 0.1) is 11.7 Å². The number of halogens is 1. The molecule has 1 fully saturated rings. The molecule has 0 aliphatic carbocycles. The first kappa shape index (κ1) is 12.5. The van der Waals surface area contributed by atoms with E-state index >= 15 is 0 Å². The standard InChI is InChI=1S/C13H14FNO3/c1-8-5-6-15(11(8)13(17)18)12(16)9-3-2-4-10(14)7-9/h2-4,7-8,11H,5-6H2,1H3,(H,17,18). The Hall–Kier alpha value is -1.91. The lowest BCUT2D eigenvalue weighted by Crippen LogP contribution is -2.42. The zero-order valence-electron chi connectivity index (χ0n) is 9.97. The summed E-state index contributed by atoms with van der Waals surface area (Å²) in [6.45, 7) is 2.20. The number of carbonyl (C=O) groups excluding carboxylic acids is 1. The molecule has 1 heterocycles. The summed E-state index contributed by atoms with van der Waals surface area (Å²) >= 11 is 0. The Morgan fingerprint density at radius 3 is 2.78 bits per heavy atom. The van der Waals surface area contributed by atoms with Crippen LogP contribution in [0.3, 0.4) is 0 Å². The molecule has 1 saturated heterocycles. The van der Waals surface area contributed by atoms with Gasteiger partial charge in [0.05, 0.1) is 0 Å². The second-order valence-corrected chi connectivity index (χ2v) is 4.56. The lowest BCUT2D eigenvalue weighted by atomic mass is 10.0. The van der Waals surface area contributed by atoms with E-state index in [-0.39, 0.29) is 11.5 Å². The van der Waals surface area contributed by atoms with Gasteiger partial charge in [-0.2, -0.15) is 0 Å². The van der Waals surface area contributed by atoms with Crippen molar-refractivity contribution in [3.63, 3.8) is 0 Å². The van der Waals surface area contributed by atoms with Crippen molar-refractivity contribution >= 4 is 11.9 Å². The van der Waals surface area contributed by atoms with E-state index in [9.17, 15) is 14.0 Å². The molecular weight excluding hydrogens is 237 g/mol. The van der Waals surface area contributed by atoms with Crippen molar-refractivity contribution < 1.29 is 19.1 Å². The molecule has 1 amide bonds. The molecule has 5 heteroatoms. The number of rotatable bonds is 2. The van der Waals surface area contributed by atoms with Crippen LogP contribution in [-0.4, -0.2) is 34.5 Å². The van der Waals surface area contributed by atoms with Gasteiger partial charge in [-0.15, -0.1) is 0 Å². The van der Waals surface area contributed by atoms with Gasteiger partial charge in [0.2, 0.25) is 0 Å². The Balaban J connectivity index is 2.26. The maximum atomic E-state index is 13.1. The minimum Gasteiger partial charge on any atom is -0.480 e. The van der Waals surface area contributed by atoms with Gasteiger partial charge in [0.15, 0.2) is 0 Å². The second-order valence-electron chi connectivity index (χ2n) is 4.56. The highest BCUT2D eigenvalue weighted by atomic mass is 19.1. The first-order valence-corrected chi connectivity index (χ1v) is 5.80. The topological polar surface area (TPSA) is 57.6 Å². The number of nitrogens with zero attached hydrogens (tertiary/aromatic N) is 1. The minimum absolute atomic E-state index is 0.0833. The maximum absolute atomic E-state index is 13.1. The Labute approximate surface area is 104 Å². The van der Waals surface area contributed by atoms with Crippen LogP contribution >= 0.6 is 0 Å². The van der Waals surface area contributed by atoms with Gasteiger partial charge in [-0.05, 0) is 30.5 Å². The van der Waals surface area contributed by atoms with Crippen molar-refractivity contribution in [3.05, 3.63) is 35.6 Å². The fraction of sp³-hybridized carbons (Fsp3) is 0.385. The van der Waals surface area contributed by atoms with Gasteiger partial charge >= 0.3 is 5.97 Å². The molecule has 0 spiro atoms. The molecule has 1 aliphatic heterocycles. The Bertz CT molecular complexity index is 489. The molecule has 0 bridgehead atoms. The third-order valence-electron chi connectivity index (χ3n) is 3.29. The van der Waals surface area contributed by atoms with E-state index in [0.29, 0.717) is 13.0 Å². The fourth-order valence-electron chi connectivity index (χ4n) is 2.34. The predicted octanol–water partition coefficient (Wildman–Crippen LogP) is 1.76. The van der Waals surface area contributed by atoms with Crippen LogP contribution in [0.2, 0.25) is 0 Å². The summed E-state index contributed by atoms with van der Waals surface area (Å²) in [4.78, 5) is 24.6. The minimum atomic E-state index is -1.01. The highest BCUT2D eigenvalue weighted by molar-refractivity contribution is 5.97. The molecule has 0 aromatic heterocycles. The van der Waals surface area contributed by atoms with Crippen molar-refractivity contribution in [2.24, 2.45) is 5.92 Å². The molecule has 1 aromatic rings. The zero-order valence-corrected chi connectivity index (χ0v) is 9.97. The van der Waals surface area contributed by atoms with Gasteiger partial charge in [0, 0.05) is 12.1 Å². The zero-order chi connectivity index (χ0) is 13.3. The molecule has 1 aliphatic rings. The lowest BCUT2D eigenvalue weighted by Gasteiger charge is -2.23. The summed E-state index contributed by atoms with van der Waals surface area (Å²) in [5, 5.41) is 9.14. The van der Waals surface area contributed by atoms with Crippen LogP contribution in [0.5, 0.6) is 0 Å². The highest BCUT2D eigenvalue weighted by Crippen LogP contribution is 2.26. The highest BCUT2D eigenvalue weighted by Gasteiger charge is 2.39. The van der Waals surface area contributed by atoms with Crippen molar-refractivity contribution in [3.8, 4) is 0 Å². The van der Waals surface area contributed by atoms with Gasteiger partial charge in [-0.1, -0.05) is 13.0 Å². The van der Waals surface area contributed by atoms with E-state index in [1.165, 1.54) is 23.1 Å². The van der Waals surface area contributed by atoms with Gasteiger partial charge in [0.1, 0.15) is 11.9 Å². The Kier molecular flexibility index (Phi) is 3.32. The molecule has 0 radical (unpaired) electrons. The van der Waals surface area contributed by atoms with Crippen LogP contribution in [0.1, 0.15) is 23.7 Å². The molecule has 0 saturated carbocycles. The Morgan fingerprint density at radius 2 is 2.17 bits per heavy atom. The quantitative estimate of drug-likeness (QED) is 0.871. The van der Waals surface area contributed by atoms with Gasteiger partial charge < -0.3 is 10.0 Å². The largest absolute Gasteiger partial charge is 0.480 e. The summed E-state index contributed by atoms with van der Waals surface area (Å²) in [6, 6.07) is 4.49. The van der Waals surface area contributed by atoms with E-state index in [0.717, 1.165) is 6.07 Å². The summed E-state index contributed by atoms with van der Waals surface area (Å²) in [6.07, 6.45) is 0.651. The number of hydrogen-bond donors (Lipinski definition) is 1. The molecule has 2 rings (SSSR count). The van der Waals surface area contributed by atoms with Crippen LogP contribution in [-0.2, 0) is 4.79 Å². The molecule has 2 unspecified atom stereocenters. The van der Waals surface area contributed by atoms with E-state index in [4.69, 9.17) is 5.11 Å².